The second-order valence-corrected chi connectivity index (χ2v) is 5.84. The lowest BCUT2D eigenvalue weighted by molar-refractivity contribution is 0.0446. The highest BCUT2D eigenvalue weighted by molar-refractivity contribution is 9.10. The highest BCUT2D eigenvalue weighted by Gasteiger charge is 2.15. The van der Waals surface area contributed by atoms with Crippen molar-refractivity contribution in [3.63, 3.8) is 0 Å². The van der Waals surface area contributed by atoms with Crippen LogP contribution in [0.25, 0.3) is 11.0 Å². The summed E-state index contributed by atoms with van der Waals surface area (Å²) in [6.07, 6.45) is 0. The minimum Gasteiger partial charge on any atom is -0.490 e. The first-order chi connectivity index (χ1) is 11.6. The Kier molecular flexibility index (Phi) is 4.96. The van der Waals surface area contributed by atoms with Crippen LogP contribution in [0.15, 0.2) is 68.3 Å². The molecule has 0 amide bonds. The standard InChI is InChI=1S/C18H13BrO5/c19-13-5-3-6-14(11-13)22-8-9-23-17(20)15-10-12-4-1-2-7-16(12)24-18(15)21/h1-7,10-11H,8-9H2. The monoisotopic (exact) mass is 388 g/mol. The molecular weight excluding hydrogens is 376 g/mol. The van der Waals surface area contributed by atoms with Gasteiger partial charge in [0, 0.05) is 9.86 Å². The van der Waals surface area contributed by atoms with Crippen LogP contribution in [-0.4, -0.2) is 19.2 Å². The van der Waals surface area contributed by atoms with Crippen LogP contribution in [0.3, 0.4) is 0 Å². The summed E-state index contributed by atoms with van der Waals surface area (Å²) in [6.45, 7) is 0.207. The molecule has 3 aromatic rings. The molecule has 6 heteroatoms. The lowest BCUT2D eigenvalue weighted by atomic mass is 10.2. The largest absolute Gasteiger partial charge is 0.490 e. The number of benzene rings is 2. The number of ether oxygens (including phenoxy) is 2. The van der Waals surface area contributed by atoms with Gasteiger partial charge in [0.2, 0.25) is 0 Å². The molecule has 0 bridgehead atoms. The molecule has 3 rings (SSSR count). The van der Waals surface area contributed by atoms with Crippen LogP contribution in [0, 0.1) is 0 Å². The van der Waals surface area contributed by atoms with Crippen molar-refractivity contribution in [2.24, 2.45) is 0 Å². The molecule has 1 aromatic heterocycles. The first-order valence-corrected chi connectivity index (χ1v) is 8.01. The van der Waals surface area contributed by atoms with E-state index in [9.17, 15) is 9.59 Å². The van der Waals surface area contributed by atoms with Crippen molar-refractivity contribution < 1.29 is 18.7 Å². The molecule has 0 unspecified atom stereocenters. The lowest BCUT2D eigenvalue weighted by Gasteiger charge is -2.07. The van der Waals surface area contributed by atoms with Crippen LogP contribution in [-0.2, 0) is 4.74 Å². The van der Waals surface area contributed by atoms with Crippen LogP contribution >= 0.6 is 15.9 Å². The highest BCUT2D eigenvalue weighted by atomic mass is 79.9. The Bertz CT molecular complexity index is 932. The molecule has 0 saturated heterocycles. The Balaban J connectivity index is 1.61. The van der Waals surface area contributed by atoms with E-state index in [1.165, 1.54) is 6.07 Å². The van der Waals surface area contributed by atoms with Crippen molar-refractivity contribution in [2.45, 2.75) is 0 Å². The fourth-order valence-electron chi connectivity index (χ4n) is 2.13. The van der Waals surface area contributed by atoms with Crippen LogP contribution in [0.4, 0.5) is 0 Å². The van der Waals surface area contributed by atoms with Crippen molar-refractivity contribution >= 4 is 32.9 Å². The average Bonchev–Trinajstić information content (AvgIpc) is 2.58. The number of halogens is 1. The highest BCUT2D eigenvalue weighted by Crippen LogP contribution is 2.17. The zero-order valence-electron chi connectivity index (χ0n) is 12.5. The van der Waals surface area contributed by atoms with E-state index >= 15 is 0 Å². The fourth-order valence-corrected chi connectivity index (χ4v) is 2.51. The molecule has 0 atom stereocenters. The predicted molar refractivity (Wildman–Crippen MR) is 92.4 cm³/mol. The Morgan fingerprint density at radius 3 is 2.71 bits per heavy atom. The van der Waals surface area contributed by atoms with E-state index in [0.717, 1.165) is 4.47 Å². The summed E-state index contributed by atoms with van der Waals surface area (Å²) in [5.74, 6) is -0.0713. The molecule has 0 radical (unpaired) electrons. The van der Waals surface area contributed by atoms with Gasteiger partial charge in [0.15, 0.2) is 0 Å². The van der Waals surface area contributed by atoms with Gasteiger partial charge < -0.3 is 13.9 Å². The maximum atomic E-state index is 12.0. The molecule has 0 aliphatic carbocycles. The quantitative estimate of drug-likeness (QED) is 0.377. The van der Waals surface area contributed by atoms with Gasteiger partial charge in [0.25, 0.3) is 0 Å². The van der Waals surface area contributed by atoms with E-state index in [4.69, 9.17) is 13.9 Å². The van der Waals surface area contributed by atoms with Gasteiger partial charge in [-0.25, -0.2) is 9.59 Å². The minimum atomic E-state index is -0.729. The van der Waals surface area contributed by atoms with Gasteiger partial charge in [0.1, 0.15) is 30.1 Å². The van der Waals surface area contributed by atoms with Crippen molar-refractivity contribution in [1.82, 2.24) is 0 Å². The first-order valence-electron chi connectivity index (χ1n) is 7.22. The lowest BCUT2D eigenvalue weighted by Crippen LogP contribution is -2.19. The van der Waals surface area contributed by atoms with Crippen LogP contribution in [0.1, 0.15) is 10.4 Å². The second kappa shape index (κ2) is 7.31. The molecule has 1 heterocycles. The van der Waals surface area contributed by atoms with Crippen LogP contribution < -0.4 is 10.4 Å². The maximum Gasteiger partial charge on any atom is 0.351 e. The van der Waals surface area contributed by atoms with E-state index in [1.54, 1.807) is 36.4 Å². The Hall–Kier alpha value is -2.60. The van der Waals surface area contributed by atoms with Crippen LogP contribution in [0.2, 0.25) is 0 Å². The maximum absolute atomic E-state index is 12.0. The van der Waals surface area contributed by atoms with E-state index < -0.39 is 11.6 Å². The number of hydrogen-bond acceptors (Lipinski definition) is 5. The number of para-hydroxylation sites is 1. The van der Waals surface area contributed by atoms with Crippen molar-refractivity contribution in [1.29, 1.82) is 0 Å². The number of hydrogen-bond donors (Lipinski definition) is 0. The molecule has 0 spiro atoms. The molecule has 5 nitrogen and oxygen atoms in total. The third-order valence-electron chi connectivity index (χ3n) is 3.24. The van der Waals surface area contributed by atoms with Crippen molar-refractivity contribution in [3.05, 3.63) is 75.1 Å². The number of carbonyl (C=O) groups excluding carboxylic acids is 1. The van der Waals surface area contributed by atoms with E-state index in [0.29, 0.717) is 16.7 Å². The molecule has 0 aliphatic heterocycles. The number of rotatable bonds is 5. The van der Waals surface area contributed by atoms with Gasteiger partial charge in [0.05, 0.1) is 0 Å². The third kappa shape index (κ3) is 3.83. The summed E-state index contributed by atoms with van der Waals surface area (Å²) in [7, 11) is 0. The summed E-state index contributed by atoms with van der Waals surface area (Å²) in [4.78, 5) is 23.9. The molecule has 122 valence electrons. The minimum absolute atomic E-state index is 0.0254. The molecule has 0 N–H and O–H groups in total. The Morgan fingerprint density at radius 1 is 1.04 bits per heavy atom. The van der Waals surface area contributed by atoms with Gasteiger partial charge >= 0.3 is 11.6 Å². The van der Waals surface area contributed by atoms with Gasteiger partial charge in [-0.15, -0.1) is 0 Å². The number of esters is 1. The third-order valence-corrected chi connectivity index (χ3v) is 3.74. The molecule has 24 heavy (non-hydrogen) atoms. The number of fused-ring (bicyclic) bond motifs is 1. The smallest absolute Gasteiger partial charge is 0.351 e. The van der Waals surface area contributed by atoms with E-state index in [1.807, 2.05) is 12.1 Å². The summed E-state index contributed by atoms with van der Waals surface area (Å²) >= 11 is 3.34. The normalized spacial score (nSPS) is 10.5. The second-order valence-electron chi connectivity index (χ2n) is 4.93. The average molecular weight is 389 g/mol. The molecule has 0 fully saturated rings. The SMILES string of the molecule is O=C(OCCOc1cccc(Br)c1)c1cc2ccccc2oc1=O. The summed E-state index contributed by atoms with van der Waals surface area (Å²) in [5, 5.41) is 0.662. The van der Waals surface area contributed by atoms with Gasteiger partial charge in [-0.2, -0.15) is 0 Å². The van der Waals surface area contributed by atoms with Gasteiger partial charge in [-0.05, 0) is 30.3 Å². The Labute approximate surface area is 145 Å². The molecule has 0 saturated carbocycles. The van der Waals surface area contributed by atoms with Crippen molar-refractivity contribution in [3.8, 4) is 5.75 Å². The number of carbonyl (C=O) groups is 1. The van der Waals surface area contributed by atoms with E-state index in [2.05, 4.69) is 15.9 Å². The topological polar surface area (TPSA) is 65.7 Å². The van der Waals surface area contributed by atoms with E-state index in [-0.39, 0.29) is 18.8 Å². The zero-order valence-corrected chi connectivity index (χ0v) is 14.1. The van der Waals surface area contributed by atoms with Crippen molar-refractivity contribution in [2.75, 3.05) is 13.2 Å². The first kappa shape index (κ1) is 16.3. The summed E-state index contributed by atoms with van der Waals surface area (Å²) in [5.41, 5.74) is -0.417. The van der Waals surface area contributed by atoms with Crippen LogP contribution in [0.5, 0.6) is 5.75 Å². The van der Waals surface area contributed by atoms with Gasteiger partial charge in [-0.3, -0.25) is 0 Å². The van der Waals surface area contributed by atoms with Gasteiger partial charge in [-0.1, -0.05) is 40.2 Å². The Morgan fingerprint density at radius 2 is 1.88 bits per heavy atom. The zero-order chi connectivity index (χ0) is 16.9. The molecular formula is C18H13BrO5. The fraction of sp³-hybridized carbons (Fsp3) is 0.111. The predicted octanol–water partition coefficient (Wildman–Crippen LogP) is 3.79. The molecule has 0 aliphatic rings. The molecule has 2 aromatic carbocycles. The summed E-state index contributed by atoms with van der Waals surface area (Å²) < 4.78 is 16.5. The summed E-state index contributed by atoms with van der Waals surface area (Å²) in [6, 6.07) is 15.8.